The molecule has 0 aromatic heterocycles. The van der Waals surface area contributed by atoms with Crippen LogP contribution in [0.15, 0.2) is 0 Å². The molecule has 0 aromatic rings. The quantitative estimate of drug-likeness (QED) is 0.290. The Morgan fingerprint density at radius 3 is 2.09 bits per heavy atom. The minimum Gasteiger partial charge on any atom is -0.432 e. The van der Waals surface area contributed by atoms with E-state index in [0.717, 1.165) is 70.6 Å². The fraction of sp³-hybridized carbons (Fsp3) is 0.972. The van der Waals surface area contributed by atoms with E-state index >= 15 is 0 Å². The maximum absolute atomic E-state index is 14.4. The average Bonchev–Trinajstić information content (AvgIpc) is 2.95. The van der Waals surface area contributed by atoms with E-state index in [-0.39, 0.29) is 45.1 Å². The highest BCUT2D eigenvalue weighted by Gasteiger charge is 2.71. The number of aliphatic hydroxyl groups excluding tert-OH is 5. The van der Waals surface area contributed by atoms with Crippen molar-refractivity contribution in [2.45, 2.75) is 156 Å². The van der Waals surface area contributed by atoms with E-state index in [0.29, 0.717) is 17.8 Å². The highest BCUT2D eigenvalue weighted by molar-refractivity contribution is 5.78. The zero-order chi connectivity index (χ0) is 32.3. The Kier molecular flexibility index (Phi) is 8.00. The van der Waals surface area contributed by atoms with E-state index in [2.05, 4.69) is 48.5 Å². The van der Waals surface area contributed by atoms with Crippen LogP contribution in [0, 0.1) is 56.2 Å². The molecule has 0 radical (unpaired) electrons. The SMILES string of the molecule is CC1(C)CC[C@]2(C(=O)O[C@@H]3O[C@H](CO)[C@H](O)[C@H](O)[C@H]3O)CC[C@]3(C)[C@H](CC[C@@H]4[C@@]5(C)CC[C@H](O)C(C)(C)[C@@H]5CC[C@]43C)[C@@H]2C1. The third-order valence-corrected chi connectivity index (χ3v) is 15.7. The number of esters is 1. The molecular formula is C36H60O8. The van der Waals surface area contributed by atoms with Gasteiger partial charge in [0.25, 0.3) is 0 Å². The lowest BCUT2D eigenvalue weighted by Gasteiger charge is -2.73. The van der Waals surface area contributed by atoms with Gasteiger partial charge >= 0.3 is 5.97 Å². The van der Waals surface area contributed by atoms with Crippen LogP contribution in [-0.2, 0) is 14.3 Å². The van der Waals surface area contributed by atoms with Gasteiger partial charge in [0.1, 0.15) is 24.4 Å². The molecule has 6 aliphatic rings. The fourth-order valence-corrected chi connectivity index (χ4v) is 12.8. The molecule has 252 valence electrons. The van der Waals surface area contributed by atoms with Crippen molar-refractivity contribution in [3.63, 3.8) is 0 Å². The van der Waals surface area contributed by atoms with E-state index in [9.17, 15) is 30.3 Å². The molecule has 0 spiro atoms. The van der Waals surface area contributed by atoms with Crippen molar-refractivity contribution in [1.82, 2.24) is 0 Å². The van der Waals surface area contributed by atoms with Gasteiger partial charge in [0.2, 0.25) is 6.29 Å². The lowest BCUT2D eigenvalue weighted by Crippen LogP contribution is -2.68. The summed E-state index contributed by atoms with van der Waals surface area (Å²) in [5.41, 5.74) is -0.300. The predicted octanol–water partition coefficient (Wildman–Crippen LogP) is 4.57. The van der Waals surface area contributed by atoms with Crippen LogP contribution >= 0.6 is 0 Å². The van der Waals surface area contributed by atoms with Gasteiger partial charge in [-0.25, -0.2) is 0 Å². The Hall–Kier alpha value is -0.770. The van der Waals surface area contributed by atoms with Crippen molar-refractivity contribution < 1.29 is 39.8 Å². The van der Waals surface area contributed by atoms with Crippen molar-refractivity contribution in [3.05, 3.63) is 0 Å². The number of fused-ring (bicyclic) bond motifs is 7. The Morgan fingerprint density at radius 2 is 1.41 bits per heavy atom. The normalized spacial score (nSPS) is 54.6. The van der Waals surface area contributed by atoms with Gasteiger partial charge in [-0.1, -0.05) is 48.5 Å². The van der Waals surface area contributed by atoms with Crippen LogP contribution in [0.5, 0.6) is 0 Å². The summed E-state index contributed by atoms with van der Waals surface area (Å²) in [6, 6.07) is 0. The number of carbonyl (C=O) groups is 1. The Balaban J connectivity index is 1.32. The van der Waals surface area contributed by atoms with Gasteiger partial charge in [-0.15, -0.1) is 0 Å². The first-order chi connectivity index (χ1) is 20.4. The molecule has 5 N–H and O–H groups in total. The van der Waals surface area contributed by atoms with Crippen LogP contribution < -0.4 is 0 Å². The largest absolute Gasteiger partial charge is 0.432 e. The molecule has 14 atom stereocenters. The van der Waals surface area contributed by atoms with E-state index in [1.54, 1.807) is 0 Å². The van der Waals surface area contributed by atoms with Crippen molar-refractivity contribution in [2.75, 3.05) is 6.61 Å². The molecule has 6 fully saturated rings. The Labute approximate surface area is 264 Å². The topological polar surface area (TPSA) is 137 Å². The monoisotopic (exact) mass is 620 g/mol. The summed E-state index contributed by atoms with van der Waals surface area (Å²) in [6.45, 7) is 16.3. The molecule has 0 unspecified atom stereocenters. The van der Waals surface area contributed by atoms with Crippen molar-refractivity contribution in [3.8, 4) is 0 Å². The van der Waals surface area contributed by atoms with Crippen LogP contribution in [-0.4, -0.2) is 74.9 Å². The molecule has 0 aromatic carbocycles. The summed E-state index contributed by atoms with van der Waals surface area (Å²) >= 11 is 0. The second-order valence-corrected chi connectivity index (χ2v) is 18.3. The summed E-state index contributed by atoms with van der Waals surface area (Å²) in [5.74, 6) is 1.21. The van der Waals surface area contributed by atoms with Crippen molar-refractivity contribution in [1.29, 1.82) is 0 Å². The maximum Gasteiger partial charge on any atom is 0.314 e. The molecule has 8 heteroatoms. The lowest BCUT2D eigenvalue weighted by molar-refractivity contribution is -0.301. The van der Waals surface area contributed by atoms with Gasteiger partial charge in [-0.3, -0.25) is 4.79 Å². The van der Waals surface area contributed by atoms with E-state index < -0.39 is 42.7 Å². The van der Waals surface area contributed by atoms with Gasteiger partial charge in [-0.2, -0.15) is 0 Å². The number of aliphatic hydroxyl groups is 5. The number of hydrogen-bond acceptors (Lipinski definition) is 8. The molecule has 0 amide bonds. The van der Waals surface area contributed by atoms with E-state index in [4.69, 9.17) is 9.47 Å². The molecule has 8 nitrogen and oxygen atoms in total. The van der Waals surface area contributed by atoms with Crippen LogP contribution in [0.25, 0.3) is 0 Å². The molecule has 1 saturated heterocycles. The number of ether oxygens (including phenoxy) is 2. The lowest BCUT2D eigenvalue weighted by atomic mass is 9.31. The first kappa shape index (κ1) is 33.1. The molecule has 6 rings (SSSR count). The fourth-order valence-electron chi connectivity index (χ4n) is 12.8. The van der Waals surface area contributed by atoms with E-state index in [1.807, 2.05) is 0 Å². The first-order valence-corrected chi connectivity index (χ1v) is 17.6. The molecule has 5 saturated carbocycles. The molecule has 1 heterocycles. The number of carbonyl (C=O) groups excluding carboxylic acids is 1. The predicted molar refractivity (Wildman–Crippen MR) is 165 cm³/mol. The minimum atomic E-state index is -1.59. The van der Waals surface area contributed by atoms with Crippen LogP contribution in [0.3, 0.4) is 0 Å². The van der Waals surface area contributed by atoms with Crippen molar-refractivity contribution in [2.24, 2.45) is 56.2 Å². The molecule has 0 bridgehead atoms. The molecule has 5 aliphatic carbocycles. The zero-order valence-corrected chi connectivity index (χ0v) is 28.2. The Morgan fingerprint density at radius 1 is 0.727 bits per heavy atom. The van der Waals surface area contributed by atoms with Gasteiger partial charge in [-0.05, 0) is 121 Å². The number of hydrogen-bond donors (Lipinski definition) is 5. The maximum atomic E-state index is 14.4. The van der Waals surface area contributed by atoms with Crippen LogP contribution in [0.2, 0.25) is 0 Å². The van der Waals surface area contributed by atoms with E-state index in [1.165, 1.54) is 0 Å². The van der Waals surface area contributed by atoms with Gasteiger partial charge in [0, 0.05) is 0 Å². The van der Waals surface area contributed by atoms with Crippen LogP contribution in [0.1, 0.15) is 119 Å². The Bertz CT molecular complexity index is 1120. The smallest absolute Gasteiger partial charge is 0.314 e. The zero-order valence-electron chi connectivity index (χ0n) is 28.2. The highest BCUT2D eigenvalue weighted by Crippen LogP contribution is 2.77. The summed E-state index contributed by atoms with van der Waals surface area (Å²) in [4.78, 5) is 14.4. The van der Waals surface area contributed by atoms with Gasteiger partial charge in [0.15, 0.2) is 0 Å². The third-order valence-electron chi connectivity index (χ3n) is 15.7. The minimum absolute atomic E-state index is 0.0646. The highest BCUT2D eigenvalue weighted by atomic mass is 16.7. The summed E-state index contributed by atoms with van der Waals surface area (Å²) < 4.78 is 11.6. The first-order valence-electron chi connectivity index (χ1n) is 17.6. The van der Waals surface area contributed by atoms with Gasteiger partial charge in [0.05, 0.1) is 18.1 Å². The second kappa shape index (κ2) is 10.6. The summed E-state index contributed by atoms with van der Waals surface area (Å²) in [6.07, 6.45) is 3.24. The standard InChI is InChI=1S/C36H60O8/c1-31(2)14-16-36(30(42)44-29-28(41)27(40)26(39)22(19-37)43-29)17-15-34(6)20(21(36)18-31)8-9-24-33(5)12-11-25(38)32(3,4)23(33)10-13-35(24,34)7/h20-29,37-41H,8-19H2,1-7H3/t20-,21+,22-,23+,24-,25+,26+,27+,28-,29+,33+,34-,35-,36+/m1/s1. The molecule has 44 heavy (non-hydrogen) atoms. The molecule has 1 aliphatic heterocycles. The second-order valence-electron chi connectivity index (χ2n) is 18.3. The summed E-state index contributed by atoms with van der Waals surface area (Å²) in [7, 11) is 0. The summed E-state index contributed by atoms with van der Waals surface area (Å²) in [5, 5.41) is 52.1. The average molecular weight is 621 g/mol. The third kappa shape index (κ3) is 4.47. The van der Waals surface area contributed by atoms with Crippen molar-refractivity contribution >= 4 is 5.97 Å². The molecular weight excluding hydrogens is 560 g/mol. The van der Waals surface area contributed by atoms with Crippen LogP contribution in [0.4, 0.5) is 0 Å². The number of rotatable bonds is 3. The van der Waals surface area contributed by atoms with Gasteiger partial charge < -0.3 is 35.0 Å².